The molecule has 1 aromatic carbocycles. The average Bonchev–Trinajstić information content (AvgIpc) is 2.26. The Balaban J connectivity index is 3.00. The summed E-state index contributed by atoms with van der Waals surface area (Å²) in [7, 11) is -3.33. The van der Waals surface area contributed by atoms with Gasteiger partial charge in [-0.3, -0.25) is 0 Å². The molecule has 3 nitrogen and oxygen atoms in total. The van der Waals surface area contributed by atoms with Gasteiger partial charge in [0.2, 0.25) is 0 Å². The summed E-state index contributed by atoms with van der Waals surface area (Å²) >= 11 is 0. The fourth-order valence-electron chi connectivity index (χ4n) is 1.74. The van der Waals surface area contributed by atoms with E-state index < -0.39 is 9.84 Å². The van der Waals surface area contributed by atoms with Gasteiger partial charge >= 0.3 is 0 Å². The summed E-state index contributed by atoms with van der Waals surface area (Å²) in [5.41, 5.74) is 6.91. The van der Waals surface area contributed by atoms with Crippen molar-refractivity contribution in [2.75, 3.05) is 5.75 Å². The summed E-state index contributed by atoms with van der Waals surface area (Å²) < 4.78 is 24.7. The van der Waals surface area contributed by atoms with Gasteiger partial charge in [0.1, 0.15) is 0 Å². The van der Waals surface area contributed by atoms with Crippen LogP contribution in [0.1, 0.15) is 47.1 Å². The average molecular weight is 297 g/mol. The van der Waals surface area contributed by atoms with Crippen LogP contribution in [0.3, 0.4) is 0 Å². The number of benzene rings is 1. The molecular formula is C16H27NO2S. The molecule has 1 rings (SSSR count). The van der Waals surface area contributed by atoms with E-state index in [2.05, 4.69) is 20.8 Å². The standard InChI is InChI=1S/C16H27NO2S/c1-15(2,3)12-7-9-13(10-8-12)20(18,19)11-14(17)16(4,5)6/h7-10,14H,11,17H2,1-6H3. The molecule has 0 amide bonds. The number of hydrogen-bond donors (Lipinski definition) is 1. The smallest absolute Gasteiger partial charge is 0.179 e. The number of hydrogen-bond acceptors (Lipinski definition) is 3. The second-order valence-corrected chi connectivity index (χ2v) is 9.56. The zero-order valence-corrected chi connectivity index (χ0v) is 14.2. The SMILES string of the molecule is CC(C)(C)c1ccc(S(=O)(=O)CC(N)C(C)(C)C)cc1. The largest absolute Gasteiger partial charge is 0.326 e. The third-order valence-electron chi connectivity index (χ3n) is 3.59. The molecule has 0 aliphatic heterocycles. The molecule has 20 heavy (non-hydrogen) atoms. The molecule has 0 spiro atoms. The van der Waals surface area contributed by atoms with Crippen molar-refractivity contribution in [1.29, 1.82) is 0 Å². The predicted octanol–water partition coefficient (Wildman–Crippen LogP) is 3.13. The summed E-state index contributed by atoms with van der Waals surface area (Å²) in [6, 6.07) is 6.76. The van der Waals surface area contributed by atoms with Crippen molar-refractivity contribution in [2.45, 2.75) is 57.9 Å². The van der Waals surface area contributed by atoms with Crippen LogP contribution in [0, 0.1) is 5.41 Å². The van der Waals surface area contributed by atoms with Crippen molar-refractivity contribution in [1.82, 2.24) is 0 Å². The molecule has 4 heteroatoms. The number of rotatable bonds is 3. The first-order valence-corrected chi connectivity index (χ1v) is 8.58. The Bertz CT molecular complexity index is 546. The summed E-state index contributed by atoms with van der Waals surface area (Å²) in [5, 5.41) is 0. The van der Waals surface area contributed by atoms with Gasteiger partial charge in [-0.05, 0) is 28.5 Å². The maximum atomic E-state index is 12.4. The van der Waals surface area contributed by atoms with Gasteiger partial charge in [-0.1, -0.05) is 53.7 Å². The zero-order chi connectivity index (χ0) is 15.8. The van der Waals surface area contributed by atoms with Crippen molar-refractivity contribution in [3.05, 3.63) is 29.8 Å². The number of sulfone groups is 1. The molecule has 0 aliphatic rings. The second-order valence-electron chi connectivity index (χ2n) is 7.53. The van der Waals surface area contributed by atoms with Gasteiger partial charge in [-0.15, -0.1) is 0 Å². The van der Waals surface area contributed by atoms with Crippen molar-refractivity contribution in [2.24, 2.45) is 11.1 Å². The monoisotopic (exact) mass is 297 g/mol. The molecule has 0 aliphatic carbocycles. The Morgan fingerprint density at radius 1 is 1.00 bits per heavy atom. The highest BCUT2D eigenvalue weighted by Gasteiger charge is 2.27. The summed E-state index contributed by atoms with van der Waals surface area (Å²) in [4.78, 5) is 0.352. The van der Waals surface area contributed by atoms with Crippen LogP contribution < -0.4 is 5.73 Å². The molecule has 1 atom stereocenters. The highest BCUT2D eigenvalue weighted by Crippen LogP contribution is 2.25. The van der Waals surface area contributed by atoms with Crippen molar-refractivity contribution >= 4 is 9.84 Å². The molecular weight excluding hydrogens is 270 g/mol. The van der Waals surface area contributed by atoms with E-state index in [-0.39, 0.29) is 22.6 Å². The van der Waals surface area contributed by atoms with E-state index in [1.165, 1.54) is 0 Å². The molecule has 1 aromatic rings. The van der Waals surface area contributed by atoms with Gasteiger partial charge in [0, 0.05) is 6.04 Å². The molecule has 0 saturated heterocycles. The van der Waals surface area contributed by atoms with Crippen LogP contribution in [-0.4, -0.2) is 20.2 Å². The quantitative estimate of drug-likeness (QED) is 0.932. The third kappa shape index (κ3) is 4.32. The molecule has 114 valence electrons. The lowest BCUT2D eigenvalue weighted by Crippen LogP contribution is -2.41. The van der Waals surface area contributed by atoms with Crippen LogP contribution in [0.2, 0.25) is 0 Å². The van der Waals surface area contributed by atoms with Crippen LogP contribution in [-0.2, 0) is 15.3 Å². The van der Waals surface area contributed by atoms with E-state index in [4.69, 9.17) is 5.73 Å². The third-order valence-corrected chi connectivity index (χ3v) is 5.38. The normalized spacial score (nSPS) is 15.2. The first-order valence-electron chi connectivity index (χ1n) is 6.93. The van der Waals surface area contributed by atoms with Gasteiger partial charge in [0.05, 0.1) is 10.6 Å². The van der Waals surface area contributed by atoms with Gasteiger partial charge in [0.15, 0.2) is 9.84 Å². The minimum Gasteiger partial charge on any atom is -0.326 e. The minimum atomic E-state index is -3.33. The summed E-state index contributed by atoms with van der Waals surface area (Å²) in [6.07, 6.45) is 0. The van der Waals surface area contributed by atoms with Crippen molar-refractivity contribution < 1.29 is 8.42 Å². The van der Waals surface area contributed by atoms with E-state index in [1.54, 1.807) is 12.1 Å². The lowest BCUT2D eigenvalue weighted by molar-refractivity contribution is 0.340. The van der Waals surface area contributed by atoms with Crippen LogP contribution in [0.5, 0.6) is 0 Å². The Morgan fingerprint density at radius 3 is 1.80 bits per heavy atom. The summed E-state index contributed by atoms with van der Waals surface area (Å²) in [6.45, 7) is 12.2. The fourth-order valence-corrected chi connectivity index (χ4v) is 3.46. The Morgan fingerprint density at radius 2 is 1.45 bits per heavy atom. The maximum absolute atomic E-state index is 12.4. The fraction of sp³-hybridized carbons (Fsp3) is 0.625. The minimum absolute atomic E-state index is 0.0180. The molecule has 0 saturated carbocycles. The molecule has 1 unspecified atom stereocenters. The van der Waals surface area contributed by atoms with Crippen LogP contribution in [0.4, 0.5) is 0 Å². The highest BCUT2D eigenvalue weighted by molar-refractivity contribution is 7.91. The van der Waals surface area contributed by atoms with Crippen LogP contribution in [0.25, 0.3) is 0 Å². The molecule has 2 N–H and O–H groups in total. The Hall–Kier alpha value is -0.870. The molecule has 0 heterocycles. The van der Waals surface area contributed by atoms with Crippen molar-refractivity contribution in [3.8, 4) is 0 Å². The van der Waals surface area contributed by atoms with Gasteiger partial charge in [-0.2, -0.15) is 0 Å². The van der Waals surface area contributed by atoms with Gasteiger partial charge in [-0.25, -0.2) is 8.42 Å². The zero-order valence-electron chi connectivity index (χ0n) is 13.4. The van der Waals surface area contributed by atoms with E-state index in [0.29, 0.717) is 4.90 Å². The van der Waals surface area contributed by atoms with Gasteiger partial charge in [0.25, 0.3) is 0 Å². The topological polar surface area (TPSA) is 60.2 Å². The van der Waals surface area contributed by atoms with E-state index in [9.17, 15) is 8.42 Å². The molecule has 0 aromatic heterocycles. The molecule has 0 fully saturated rings. The van der Waals surface area contributed by atoms with E-state index in [1.807, 2.05) is 32.9 Å². The van der Waals surface area contributed by atoms with E-state index >= 15 is 0 Å². The number of nitrogens with two attached hydrogens (primary N) is 1. The Kier molecular flexibility index (Phi) is 4.72. The van der Waals surface area contributed by atoms with E-state index in [0.717, 1.165) is 5.56 Å². The first kappa shape index (κ1) is 17.2. The second kappa shape index (κ2) is 5.49. The summed E-state index contributed by atoms with van der Waals surface area (Å²) in [5.74, 6) is -0.0225. The van der Waals surface area contributed by atoms with Crippen molar-refractivity contribution in [3.63, 3.8) is 0 Å². The molecule has 0 radical (unpaired) electrons. The Labute approximate surface area is 123 Å². The maximum Gasteiger partial charge on any atom is 0.179 e. The van der Waals surface area contributed by atoms with Crippen LogP contribution >= 0.6 is 0 Å². The first-order chi connectivity index (χ1) is 8.84. The lowest BCUT2D eigenvalue weighted by atomic mass is 9.87. The highest BCUT2D eigenvalue weighted by atomic mass is 32.2. The predicted molar refractivity (Wildman–Crippen MR) is 84.6 cm³/mol. The van der Waals surface area contributed by atoms with Gasteiger partial charge < -0.3 is 5.73 Å². The lowest BCUT2D eigenvalue weighted by Gasteiger charge is -2.26. The molecule has 0 bridgehead atoms. The van der Waals surface area contributed by atoms with Crippen LogP contribution in [0.15, 0.2) is 29.2 Å².